The third kappa shape index (κ3) is 4.40. The molecule has 0 aliphatic heterocycles. The number of aryl methyl sites for hydroxylation is 9. The zero-order valence-electron chi connectivity index (χ0n) is 23.3. The van der Waals surface area contributed by atoms with Gasteiger partial charge in [-0.1, -0.05) is 0 Å². The van der Waals surface area contributed by atoms with Gasteiger partial charge in [-0.15, -0.1) is 0 Å². The first kappa shape index (κ1) is 26.5. The Morgan fingerprint density at radius 3 is 1.03 bits per heavy atom. The molecule has 0 heterocycles. The van der Waals surface area contributed by atoms with Gasteiger partial charge in [0.1, 0.15) is 0 Å². The Balaban J connectivity index is 2.35. The van der Waals surface area contributed by atoms with Crippen molar-refractivity contribution in [3.05, 3.63) is 122 Å². The summed E-state index contributed by atoms with van der Waals surface area (Å²) >= 11 is -4.60. The molecule has 36 heavy (non-hydrogen) atoms. The Labute approximate surface area is 222 Å². The molecule has 0 aromatic heterocycles. The van der Waals surface area contributed by atoms with E-state index in [1.807, 2.05) is 30.3 Å². The molecule has 184 valence electrons. The fourth-order valence-corrected chi connectivity index (χ4v) is 30.2. The molecule has 1 nitrogen and oxygen atoms in total. The summed E-state index contributed by atoms with van der Waals surface area (Å²) in [4.78, 5) is 15.3. The molecule has 0 radical (unpaired) electrons. The van der Waals surface area contributed by atoms with Crippen molar-refractivity contribution in [2.45, 2.75) is 62.3 Å². The zero-order valence-corrected chi connectivity index (χ0v) is 27.1. The summed E-state index contributed by atoms with van der Waals surface area (Å²) in [6.07, 6.45) is 0. The predicted molar refractivity (Wildman–Crippen MR) is 157 cm³/mol. The van der Waals surface area contributed by atoms with Gasteiger partial charge in [0.2, 0.25) is 0 Å². The fraction of sp³-hybridized carbons (Fsp3) is 0.265. The second kappa shape index (κ2) is 10.1. The van der Waals surface area contributed by atoms with E-state index in [-0.39, 0.29) is 0 Å². The van der Waals surface area contributed by atoms with E-state index < -0.39 is 21.2 Å². The molecule has 0 bridgehead atoms. The molecule has 4 aromatic carbocycles. The van der Waals surface area contributed by atoms with Crippen molar-refractivity contribution < 1.29 is 4.79 Å². The molecule has 0 aliphatic carbocycles. The van der Waals surface area contributed by atoms with Crippen molar-refractivity contribution in [1.82, 2.24) is 0 Å². The first-order valence-corrected chi connectivity index (χ1v) is 20.6. The molecule has 0 unspecified atom stereocenters. The van der Waals surface area contributed by atoms with Crippen molar-refractivity contribution in [2.75, 3.05) is 0 Å². The van der Waals surface area contributed by atoms with Crippen LogP contribution < -0.4 is 9.37 Å². The Morgan fingerprint density at radius 1 is 0.472 bits per heavy atom. The van der Waals surface area contributed by atoms with Crippen LogP contribution in [0.5, 0.6) is 0 Å². The maximum absolute atomic E-state index is 15.3. The number of carbonyl (C=O) groups is 1. The van der Waals surface area contributed by atoms with Gasteiger partial charge >= 0.3 is 223 Å². The number of rotatable bonds is 5. The monoisotopic (exact) mass is 670 g/mol. The Bertz CT molecular complexity index is 1270. The van der Waals surface area contributed by atoms with Crippen LogP contribution in [0, 0.1) is 62.3 Å². The summed E-state index contributed by atoms with van der Waals surface area (Å²) < 4.78 is 4.33. The molecule has 0 aliphatic rings. The Kier molecular flexibility index (Phi) is 7.43. The quantitative estimate of drug-likeness (QED) is 0.227. The van der Waals surface area contributed by atoms with Crippen LogP contribution in [0.15, 0.2) is 66.7 Å². The molecule has 4 aromatic rings. The van der Waals surface area contributed by atoms with Crippen molar-refractivity contribution in [1.29, 1.82) is 0 Å². The van der Waals surface area contributed by atoms with E-state index in [4.69, 9.17) is 0 Å². The third-order valence-electron chi connectivity index (χ3n) is 7.53. The number of carbonyl (C=O) groups excluding carboxylic acids is 1. The van der Waals surface area contributed by atoms with Gasteiger partial charge in [0.25, 0.3) is 0 Å². The number of hydrogen-bond acceptors (Lipinski definition) is 1. The topological polar surface area (TPSA) is 17.1 Å². The first-order valence-electron chi connectivity index (χ1n) is 12.8. The van der Waals surface area contributed by atoms with Gasteiger partial charge in [-0.05, 0) is 0 Å². The molecule has 0 atom stereocenters. The van der Waals surface area contributed by atoms with Crippen LogP contribution in [0.4, 0.5) is 0 Å². The summed E-state index contributed by atoms with van der Waals surface area (Å²) in [6.45, 7) is 19.8. The summed E-state index contributed by atoms with van der Waals surface area (Å²) in [5.74, 6) is 0. The van der Waals surface area contributed by atoms with Gasteiger partial charge in [-0.25, -0.2) is 0 Å². The Hall–Kier alpha value is -2.53. The van der Waals surface area contributed by atoms with Crippen molar-refractivity contribution >= 4 is 33.9 Å². The molecule has 2 heteroatoms. The zero-order chi connectivity index (χ0) is 26.4. The minimum absolute atomic E-state index is 0.350. The van der Waals surface area contributed by atoms with Crippen LogP contribution in [0.1, 0.15) is 60.4 Å². The standard InChI is InChI=1S/3C9H11.C7H5O.Pb/c3*1-7-4-8(2)6-9(3)5-7;8-6-7-4-2-1-3-5-7;/h3*4-5H,1-3H3;1-5H;. The van der Waals surface area contributed by atoms with Gasteiger partial charge in [0.15, 0.2) is 0 Å². The number of hydrogen-bond donors (Lipinski definition) is 0. The van der Waals surface area contributed by atoms with Crippen molar-refractivity contribution in [3.8, 4) is 0 Å². The van der Waals surface area contributed by atoms with Gasteiger partial charge in [0.05, 0.1) is 0 Å². The maximum atomic E-state index is 15.3. The van der Waals surface area contributed by atoms with Gasteiger partial charge in [-0.2, -0.15) is 0 Å². The molecular weight excluding hydrogens is 632 g/mol. The van der Waals surface area contributed by atoms with E-state index in [1.54, 1.807) is 0 Å². The predicted octanol–water partition coefficient (Wildman–Crippen LogP) is 6.35. The molecule has 0 saturated carbocycles. The molecule has 0 amide bonds. The molecule has 0 fully saturated rings. The van der Waals surface area contributed by atoms with Gasteiger partial charge < -0.3 is 0 Å². The molecule has 4 rings (SSSR count). The normalized spacial score (nSPS) is 11.6. The van der Waals surface area contributed by atoms with Crippen molar-refractivity contribution in [3.63, 3.8) is 0 Å². The minimum atomic E-state index is -4.60. The first-order chi connectivity index (χ1) is 17.0. The average molecular weight is 670 g/mol. The molecular formula is C34H38OPb. The molecule has 0 spiro atoms. The van der Waals surface area contributed by atoms with E-state index in [1.165, 1.54) is 59.4 Å². The SMILES string of the molecule is Cc1cc(C)[c]([Pb]([C](=O)c2ccccc2)([c]2c(C)cc(C)cc2C)[c]2c(C)cc(C)cc2C)c(C)c1. The van der Waals surface area contributed by atoms with Gasteiger partial charge in [0, 0.05) is 0 Å². The second-order valence-electron chi connectivity index (χ2n) is 10.8. The second-order valence-corrected chi connectivity index (χ2v) is 24.2. The van der Waals surface area contributed by atoms with E-state index in [0.29, 0.717) is 3.34 Å². The van der Waals surface area contributed by atoms with E-state index in [0.717, 1.165) is 5.56 Å². The van der Waals surface area contributed by atoms with Gasteiger partial charge in [-0.3, -0.25) is 0 Å². The summed E-state index contributed by atoms with van der Waals surface area (Å²) in [5.41, 5.74) is 12.1. The third-order valence-corrected chi connectivity index (χ3v) is 29.2. The summed E-state index contributed by atoms with van der Waals surface area (Å²) in [5, 5.41) is 0. The van der Waals surface area contributed by atoms with E-state index in [9.17, 15) is 0 Å². The van der Waals surface area contributed by atoms with Crippen molar-refractivity contribution in [2.24, 2.45) is 0 Å². The molecule has 0 saturated heterocycles. The van der Waals surface area contributed by atoms with Crippen LogP contribution in [-0.2, 0) is 0 Å². The summed E-state index contributed by atoms with van der Waals surface area (Å²) in [6, 6.07) is 23.8. The van der Waals surface area contributed by atoms with Crippen LogP contribution in [-0.4, -0.2) is 24.5 Å². The van der Waals surface area contributed by atoms with Crippen LogP contribution in [0.25, 0.3) is 0 Å². The average Bonchev–Trinajstić information content (AvgIpc) is 2.76. The fourth-order valence-electron chi connectivity index (χ4n) is 6.84. The molecule has 0 N–H and O–H groups in total. The Morgan fingerprint density at radius 2 is 0.750 bits per heavy atom. The summed E-state index contributed by atoms with van der Waals surface area (Å²) in [7, 11) is 0. The van der Waals surface area contributed by atoms with Crippen LogP contribution in [0.3, 0.4) is 0 Å². The van der Waals surface area contributed by atoms with E-state index >= 15 is 4.79 Å². The van der Waals surface area contributed by atoms with E-state index in [2.05, 4.69) is 98.7 Å². The van der Waals surface area contributed by atoms with Crippen LogP contribution >= 0.6 is 0 Å². The van der Waals surface area contributed by atoms with Crippen LogP contribution in [0.2, 0.25) is 0 Å². The number of benzene rings is 4.